The second-order valence-corrected chi connectivity index (χ2v) is 2.81. The Morgan fingerprint density at radius 3 is 2.67 bits per heavy atom. The van der Waals surface area contributed by atoms with Crippen molar-refractivity contribution in [2.45, 2.75) is 6.18 Å². The highest BCUT2D eigenvalue weighted by Gasteiger charge is 2.34. The average molecular weight is 217 g/mol. The molecule has 0 aliphatic heterocycles. The van der Waals surface area contributed by atoms with Crippen LogP contribution in [0, 0.1) is 0 Å². The summed E-state index contributed by atoms with van der Waals surface area (Å²) < 4.78 is 42.3. The number of hydrogen-bond acceptors (Lipinski definition) is 4. The lowest BCUT2D eigenvalue weighted by Crippen LogP contribution is -2.06. The van der Waals surface area contributed by atoms with Gasteiger partial charge in [-0.05, 0) is 12.1 Å². The number of halogens is 3. The van der Waals surface area contributed by atoms with Gasteiger partial charge in [-0.2, -0.15) is 18.2 Å². The lowest BCUT2D eigenvalue weighted by molar-refractivity contribution is -0.136. The number of hydrazine groups is 1. The lowest BCUT2D eigenvalue weighted by Gasteiger charge is -2.05. The Bertz CT molecular complexity index is 491. The highest BCUT2D eigenvalue weighted by atomic mass is 19.4. The molecule has 0 spiro atoms. The standard InChI is InChI=1S/C8H6F3N3O/c9-8(10,11)4-2-1-3-5-6(4)15-7(13-5)14-12/h1-3H,12H2,(H,13,14). The first-order valence-corrected chi connectivity index (χ1v) is 3.96. The number of hydrogen-bond donors (Lipinski definition) is 2. The van der Waals surface area contributed by atoms with Gasteiger partial charge < -0.3 is 4.42 Å². The van der Waals surface area contributed by atoms with Crippen molar-refractivity contribution in [3.8, 4) is 0 Å². The van der Waals surface area contributed by atoms with E-state index in [1.807, 2.05) is 5.43 Å². The van der Waals surface area contributed by atoms with Crippen molar-refractivity contribution in [2.75, 3.05) is 5.43 Å². The van der Waals surface area contributed by atoms with Crippen LogP contribution < -0.4 is 11.3 Å². The number of aromatic nitrogens is 1. The number of nitrogens with one attached hydrogen (secondary N) is 1. The van der Waals surface area contributed by atoms with Crippen LogP contribution in [0.1, 0.15) is 5.56 Å². The number of para-hydroxylation sites is 1. The Hall–Kier alpha value is -1.76. The summed E-state index contributed by atoms with van der Waals surface area (Å²) in [6.07, 6.45) is -4.47. The highest BCUT2D eigenvalue weighted by molar-refractivity contribution is 5.78. The third-order valence-electron chi connectivity index (χ3n) is 1.84. The van der Waals surface area contributed by atoms with E-state index in [1.165, 1.54) is 12.1 Å². The quantitative estimate of drug-likeness (QED) is 0.567. The van der Waals surface area contributed by atoms with E-state index < -0.39 is 11.7 Å². The third kappa shape index (κ3) is 1.61. The first kappa shape index (κ1) is 9.78. The first-order valence-electron chi connectivity index (χ1n) is 3.96. The molecule has 0 bridgehead atoms. The summed E-state index contributed by atoms with van der Waals surface area (Å²) in [6, 6.07) is 3.44. The van der Waals surface area contributed by atoms with Crippen LogP contribution in [0.3, 0.4) is 0 Å². The van der Waals surface area contributed by atoms with Crippen LogP contribution in [0.15, 0.2) is 22.6 Å². The van der Waals surface area contributed by atoms with Crippen LogP contribution in [-0.2, 0) is 6.18 Å². The monoisotopic (exact) mass is 217 g/mol. The van der Waals surface area contributed by atoms with Crippen molar-refractivity contribution in [2.24, 2.45) is 5.84 Å². The Morgan fingerprint density at radius 1 is 1.33 bits per heavy atom. The zero-order valence-electron chi connectivity index (χ0n) is 7.30. The minimum absolute atomic E-state index is 0.109. The number of nitrogens with zero attached hydrogens (tertiary/aromatic N) is 1. The van der Waals surface area contributed by atoms with Crippen molar-refractivity contribution in [1.82, 2.24) is 4.98 Å². The van der Waals surface area contributed by atoms with E-state index in [4.69, 9.17) is 10.3 Å². The molecule has 0 saturated carbocycles. The van der Waals surface area contributed by atoms with Gasteiger partial charge in [-0.1, -0.05) is 6.07 Å². The van der Waals surface area contributed by atoms with E-state index in [9.17, 15) is 13.2 Å². The normalized spacial score (nSPS) is 12.0. The van der Waals surface area contributed by atoms with E-state index in [0.29, 0.717) is 0 Å². The maximum atomic E-state index is 12.5. The largest absolute Gasteiger partial charge is 0.422 e. The predicted molar refractivity (Wildman–Crippen MR) is 46.8 cm³/mol. The lowest BCUT2D eigenvalue weighted by atomic mass is 10.2. The molecule has 1 heterocycles. The van der Waals surface area contributed by atoms with Crippen LogP contribution in [0.4, 0.5) is 19.2 Å². The van der Waals surface area contributed by atoms with E-state index >= 15 is 0 Å². The summed E-state index contributed by atoms with van der Waals surface area (Å²) in [6.45, 7) is 0. The summed E-state index contributed by atoms with van der Waals surface area (Å²) >= 11 is 0. The molecule has 0 aliphatic rings. The molecule has 0 radical (unpaired) electrons. The number of oxazole rings is 1. The predicted octanol–water partition coefficient (Wildman–Crippen LogP) is 2.13. The van der Waals surface area contributed by atoms with Crippen molar-refractivity contribution < 1.29 is 17.6 Å². The average Bonchev–Trinajstić information content (AvgIpc) is 2.57. The Kier molecular flexibility index (Phi) is 2.04. The van der Waals surface area contributed by atoms with Crippen LogP contribution in [-0.4, -0.2) is 4.98 Å². The summed E-state index contributed by atoms with van der Waals surface area (Å²) in [5, 5.41) is 0. The molecule has 7 heteroatoms. The van der Waals surface area contributed by atoms with Crippen LogP contribution in [0.5, 0.6) is 0 Å². The van der Waals surface area contributed by atoms with Gasteiger partial charge >= 0.3 is 12.2 Å². The number of fused-ring (bicyclic) bond motifs is 1. The van der Waals surface area contributed by atoms with E-state index in [2.05, 4.69) is 4.98 Å². The Morgan fingerprint density at radius 2 is 2.07 bits per heavy atom. The topological polar surface area (TPSA) is 64.1 Å². The molecule has 0 atom stereocenters. The second-order valence-electron chi connectivity index (χ2n) is 2.81. The molecule has 3 N–H and O–H groups in total. The highest BCUT2D eigenvalue weighted by Crippen LogP contribution is 2.35. The van der Waals surface area contributed by atoms with Gasteiger partial charge in [-0.15, -0.1) is 0 Å². The van der Waals surface area contributed by atoms with Crippen molar-refractivity contribution in [3.05, 3.63) is 23.8 Å². The molecule has 1 aromatic carbocycles. The molecule has 1 aromatic heterocycles. The van der Waals surface area contributed by atoms with Gasteiger partial charge in [0.2, 0.25) is 0 Å². The molecule has 0 unspecified atom stereocenters. The molecule has 0 amide bonds. The minimum atomic E-state index is -4.47. The second kappa shape index (κ2) is 3.13. The van der Waals surface area contributed by atoms with Crippen LogP contribution in [0.2, 0.25) is 0 Å². The smallest absolute Gasteiger partial charge is 0.420 e. The van der Waals surface area contributed by atoms with Gasteiger partial charge in [-0.25, -0.2) is 5.84 Å². The number of benzene rings is 1. The van der Waals surface area contributed by atoms with E-state index in [1.54, 1.807) is 0 Å². The molecule has 80 valence electrons. The van der Waals surface area contributed by atoms with E-state index in [0.717, 1.165) is 6.07 Å². The number of nitrogen functional groups attached to an aromatic ring is 1. The summed E-state index contributed by atoms with van der Waals surface area (Å²) in [5.41, 5.74) is 0.971. The number of anilines is 1. The van der Waals surface area contributed by atoms with Crippen molar-refractivity contribution in [1.29, 1.82) is 0 Å². The molecular formula is C8H6F3N3O. The fourth-order valence-corrected chi connectivity index (χ4v) is 1.23. The van der Waals surface area contributed by atoms with Crippen molar-refractivity contribution in [3.63, 3.8) is 0 Å². The SMILES string of the molecule is NNc1nc2cccc(C(F)(F)F)c2o1. The molecule has 15 heavy (non-hydrogen) atoms. The van der Waals surface area contributed by atoms with Gasteiger partial charge in [0.15, 0.2) is 5.58 Å². The number of alkyl halides is 3. The zero-order chi connectivity index (χ0) is 11.1. The van der Waals surface area contributed by atoms with Gasteiger partial charge in [0.25, 0.3) is 0 Å². The van der Waals surface area contributed by atoms with Crippen molar-refractivity contribution >= 4 is 17.1 Å². The molecule has 0 fully saturated rings. The Balaban J connectivity index is 2.70. The summed E-state index contributed by atoms with van der Waals surface area (Å²) in [7, 11) is 0. The van der Waals surface area contributed by atoms with Gasteiger partial charge in [-0.3, -0.25) is 5.43 Å². The Labute approximate surface area is 81.8 Å². The maximum absolute atomic E-state index is 12.5. The fourth-order valence-electron chi connectivity index (χ4n) is 1.23. The molecule has 2 aromatic rings. The van der Waals surface area contributed by atoms with Crippen LogP contribution in [0.25, 0.3) is 11.1 Å². The molecule has 2 rings (SSSR count). The van der Waals surface area contributed by atoms with E-state index in [-0.39, 0.29) is 17.1 Å². The number of rotatable bonds is 1. The maximum Gasteiger partial charge on any atom is 0.420 e. The molecular weight excluding hydrogens is 211 g/mol. The zero-order valence-corrected chi connectivity index (χ0v) is 7.30. The summed E-state index contributed by atoms with van der Waals surface area (Å²) in [5.74, 6) is 4.99. The third-order valence-corrected chi connectivity index (χ3v) is 1.84. The number of nitrogens with two attached hydrogens (primary N) is 1. The molecule has 4 nitrogen and oxygen atoms in total. The molecule has 0 saturated heterocycles. The minimum Gasteiger partial charge on any atom is -0.422 e. The van der Waals surface area contributed by atoms with Gasteiger partial charge in [0, 0.05) is 0 Å². The van der Waals surface area contributed by atoms with Gasteiger partial charge in [0.05, 0.1) is 0 Å². The summed E-state index contributed by atoms with van der Waals surface area (Å²) in [4.78, 5) is 3.70. The fraction of sp³-hybridized carbons (Fsp3) is 0.125. The molecule has 0 aliphatic carbocycles. The van der Waals surface area contributed by atoms with Crippen LogP contribution >= 0.6 is 0 Å². The first-order chi connectivity index (χ1) is 7.02. The van der Waals surface area contributed by atoms with Gasteiger partial charge in [0.1, 0.15) is 11.1 Å².